The Bertz CT molecular complexity index is 1120. The standard InChI is InChI=1S/C22H24N4O3S/c1-16-4-6-18(7-5-16)20-17(2)21(24-30(20,28)29)25-12-3-13-26(15-14-25)22(27)19-8-10-23-11-9-19/h4-11H,3,12-15H2,1-2H3. The van der Waals surface area contributed by atoms with Crippen molar-refractivity contribution in [2.24, 2.45) is 4.40 Å². The fraction of sp³-hybridized carbons (Fsp3) is 0.318. The van der Waals surface area contributed by atoms with Gasteiger partial charge in [-0.3, -0.25) is 9.78 Å². The number of hydrogen-bond acceptors (Lipinski definition) is 5. The van der Waals surface area contributed by atoms with Crippen LogP contribution < -0.4 is 0 Å². The van der Waals surface area contributed by atoms with E-state index < -0.39 is 10.0 Å². The van der Waals surface area contributed by atoms with E-state index in [4.69, 9.17) is 0 Å². The van der Waals surface area contributed by atoms with E-state index in [0.717, 1.165) is 12.0 Å². The molecule has 2 aliphatic rings. The fourth-order valence-corrected chi connectivity index (χ4v) is 5.38. The largest absolute Gasteiger partial charge is 0.354 e. The molecule has 30 heavy (non-hydrogen) atoms. The van der Waals surface area contributed by atoms with Crippen molar-refractivity contribution in [2.75, 3.05) is 26.2 Å². The van der Waals surface area contributed by atoms with Crippen molar-refractivity contribution >= 4 is 26.7 Å². The second-order valence-corrected chi connectivity index (χ2v) is 9.12. The highest BCUT2D eigenvalue weighted by atomic mass is 32.2. The molecular weight excluding hydrogens is 400 g/mol. The maximum Gasteiger partial charge on any atom is 0.285 e. The third-order valence-electron chi connectivity index (χ3n) is 5.46. The lowest BCUT2D eigenvalue weighted by molar-refractivity contribution is 0.0764. The molecule has 2 aromatic rings. The summed E-state index contributed by atoms with van der Waals surface area (Å²) in [7, 11) is -3.75. The van der Waals surface area contributed by atoms with Gasteiger partial charge in [0.25, 0.3) is 15.9 Å². The van der Waals surface area contributed by atoms with Crippen LogP contribution in [0.1, 0.15) is 34.8 Å². The van der Waals surface area contributed by atoms with Gasteiger partial charge < -0.3 is 9.80 Å². The van der Waals surface area contributed by atoms with Crippen LogP contribution >= 0.6 is 0 Å². The molecule has 0 aliphatic carbocycles. The summed E-state index contributed by atoms with van der Waals surface area (Å²) >= 11 is 0. The predicted molar refractivity (Wildman–Crippen MR) is 116 cm³/mol. The summed E-state index contributed by atoms with van der Waals surface area (Å²) in [5.41, 5.74) is 2.99. The molecular formula is C22H24N4O3S. The Morgan fingerprint density at radius 2 is 1.63 bits per heavy atom. The number of amides is 1. The molecule has 1 aromatic carbocycles. The van der Waals surface area contributed by atoms with Crippen molar-refractivity contribution in [3.8, 4) is 0 Å². The van der Waals surface area contributed by atoms with E-state index in [2.05, 4.69) is 9.38 Å². The van der Waals surface area contributed by atoms with Gasteiger partial charge in [0.15, 0.2) is 0 Å². The molecule has 0 saturated carbocycles. The first-order valence-corrected chi connectivity index (χ1v) is 11.4. The molecule has 1 aromatic heterocycles. The van der Waals surface area contributed by atoms with Gasteiger partial charge in [-0.15, -0.1) is 4.40 Å². The Kier molecular flexibility index (Phi) is 5.42. The van der Waals surface area contributed by atoms with Crippen molar-refractivity contribution in [3.63, 3.8) is 0 Å². The number of sulfonamides is 1. The monoisotopic (exact) mass is 424 g/mol. The fourth-order valence-electron chi connectivity index (χ4n) is 3.90. The van der Waals surface area contributed by atoms with Crippen LogP contribution in [0.15, 0.2) is 58.8 Å². The Morgan fingerprint density at radius 3 is 2.33 bits per heavy atom. The number of carbonyl (C=O) groups excluding carboxylic acids is 1. The number of aryl methyl sites for hydroxylation is 1. The Hall–Kier alpha value is -3.00. The molecule has 8 heteroatoms. The quantitative estimate of drug-likeness (QED) is 0.740. The van der Waals surface area contributed by atoms with Gasteiger partial charge in [0.2, 0.25) is 0 Å². The molecule has 0 bridgehead atoms. The highest BCUT2D eigenvalue weighted by molar-refractivity contribution is 8.00. The summed E-state index contributed by atoms with van der Waals surface area (Å²) in [6.07, 6.45) is 3.95. The third kappa shape index (κ3) is 3.87. The smallest absolute Gasteiger partial charge is 0.285 e. The van der Waals surface area contributed by atoms with Crippen molar-refractivity contribution in [1.29, 1.82) is 0 Å². The molecule has 0 N–H and O–H groups in total. The minimum Gasteiger partial charge on any atom is -0.354 e. The van der Waals surface area contributed by atoms with Crippen molar-refractivity contribution in [3.05, 3.63) is 71.1 Å². The summed E-state index contributed by atoms with van der Waals surface area (Å²) in [5.74, 6) is 0.455. The Morgan fingerprint density at radius 1 is 0.933 bits per heavy atom. The van der Waals surface area contributed by atoms with Gasteiger partial charge in [0.05, 0.1) is 0 Å². The number of benzene rings is 1. The van der Waals surface area contributed by atoms with Crippen molar-refractivity contribution < 1.29 is 13.2 Å². The molecule has 0 spiro atoms. The van der Waals surface area contributed by atoms with Gasteiger partial charge >= 0.3 is 0 Å². The molecule has 4 rings (SSSR count). The minimum atomic E-state index is -3.75. The zero-order valence-corrected chi connectivity index (χ0v) is 17.9. The van der Waals surface area contributed by atoms with Gasteiger partial charge in [-0.2, -0.15) is 8.42 Å². The van der Waals surface area contributed by atoms with Crippen LogP contribution in [0, 0.1) is 6.92 Å². The van der Waals surface area contributed by atoms with Crippen LogP contribution in [0.2, 0.25) is 0 Å². The number of aromatic nitrogens is 1. The minimum absolute atomic E-state index is 0.0344. The van der Waals surface area contributed by atoms with Crippen LogP contribution in [0.25, 0.3) is 4.91 Å². The van der Waals surface area contributed by atoms with Crippen molar-refractivity contribution in [2.45, 2.75) is 20.3 Å². The van der Waals surface area contributed by atoms with Crippen LogP contribution in [0.4, 0.5) is 0 Å². The number of amidine groups is 1. The lowest BCUT2D eigenvalue weighted by atomic mass is 10.1. The topological polar surface area (TPSA) is 82.9 Å². The summed E-state index contributed by atoms with van der Waals surface area (Å²) in [6, 6.07) is 10.9. The summed E-state index contributed by atoms with van der Waals surface area (Å²) < 4.78 is 29.7. The molecule has 3 heterocycles. The number of carbonyl (C=O) groups is 1. The highest BCUT2D eigenvalue weighted by Gasteiger charge is 2.34. The average Bonchev–Trinajstić information content (AvgIpc) is 2.90. The molecule has 1 amide bonds. The lowest BCUT2D eigenvalue weighted by Crippen LogP contribution is -2.37. The number of rotatable bonds is 2. The summed E-state index contributed by atoms with van der Waals surface area (Å²) in [6.45, 7) is 6.07. The van der Waals surface area contributed by atoms with Crippen LogP contribution in [0.3, 0.4) is 0 Å². The third-order valence-corrected chi connectivity index (χ3v) is 6.94. The number of nitrogens with zero attached hydrogens (tertiary/aromatic N) is 4. The maximum absolute atomic E-state index is 12.8. The first-order chi connectivity index (χ1) is 14.4. The zero-order valence-electron chi connectivity index (χ0n) is 17.1. The normalized spacial score (nSPS) is 18.9. The second kappa shape index (κ2) is 8.02. The van der Waals surface area contributed by atoms with Gasteiger partial charge in [0.1, 0.15) is 10.7 Å². The van der Waals surface area contributed by atoms with E-state index in [1.54, 1.807) is 29.4 Å². The highest BCUT2D eigenvalue weighted by Crippen LogP contribution is 2.34. The van der Waals surface area contributed by atoms with E-state index in [0.29, 0.717) is 48.7 Å². The van der Waals surface area contributed by atoms with Crippen molar-refractivity contribution in [1.82, 2.24) is 14.8 Å². The van der Waals surface area contributed by atoms with Crippen LogP contribution in [-0.4, -0.2) is 61.1 Å². The first kappa shape index (κ1) is 20.3. The molecule has 1 saturated heterocycles. The van der Waals surface area contributed by atoms with Crippen LogP contribution in [-0.2, 0) is 10.0 Å². The molecule has 0 atom stereocenters. The van der Waals surface area contributed by atoms with Crippen LogP contribution in [0.5, 0.6) is 0 Å². The Balaban J connectivity index is 1.56. The van der Waals surface area contributed by atoms with E-state index in [1.165, 1.54) is 0 Å². The Labute approximate surface area is 176 Å². The van der Waals surface area contributed by atoms with E-state index in [-0.39, 0.29) is 10.8 Å². The molecule has 7 nitrogen and oxygen atoms in total. The second-order valence-electron chi connectivity index (χ2n) is 7.58. The van der Waals surface area contributed by atoms with E-state index in [1.807, 2.05) is 43.0 Å². The molecule has 0 radical (unpaired) electrons. The van der Waals surface area contributed by atoms with Gasteiger partial charge in [0, 0.05) is 49.7 Å². The van der Waals surface area contributed by atoms with E-state index in [9.17, 15) is 13.2 Å². The first-order valence-electron chi connectivity index (χ1n) is 9.94. The molecule has 2 aliphatic heterocycles. The molecule has 1 fully saturated rings. The maximum atomic E-state index is 12.8. The lowest BCUT2D eigenvalue weighted by Gasteiger charge is -2.23. The van der Waals surface area contributed by atoms with Gasteiger partial charge in [-0.1, -0.05) is 29.8 Å². The zero-order chi connectivity index (χ0) is 21.3. The molecule has 156 valence electrons. The van der Waals surface area contributed by atoms with Gasteiger partial charge in [-0.05, 0) is 38.0 Å². The number of pyridine rings is 1. The predicted octanol–water partition coefficient (Wildman–Crippen LogP) is 2.71. The SMILES string of the molecule is CC1=C(c2ccc(C)cc2)S(=O)(=O)N=C1N1CCCN(C(=O)c2ccncc2)CC1. The average molecular weight is 425 g/mol. The van der Waals surface area contributed by atoms with Gasteiger partial charge in [-0.25, -0.2) is 0 Å². The summed E-state index contributed by atoms with van der Waals surface area (Å²) in [4.78, 5) is 20.8. The van der Waals surface area contributed by atoms with E-state index >= 15 is 0 Å². The molecule has 0 unspecified atom stereocenters. The number of hydrogen-bond donors (Lipinski definition) is 0. The summed E-state index contributed by atoms with van der Waals surface area (Å²) in [5, 5.41) is 0.